The summed E-state index contributed by atoms with van der Waals surface area (Å²) in [6, 6.07) is 10.9. The van der Waals surface area contributed by atoms with Gasteiger partial charge in [0.15, 0.2) is 0 Å². The molecule has 2 N–H and O–H groups in total. The number of nitriles is 1. The van der Waals surface area contributed by atoms with Crippen LogP contribution in [0.25, 0.3) is 0 Å². The molecule has 1 rings (SSSR count). The molecule has 0 amide bonds. The molecular weight excluding hydrogens is 210 g/mol. The maximum atomic E-state index is 8.67. The molecular formula is C14H21N3. The minimum absolute atomic E-state index is 0.0654. The summed E-state index contributed by atoms with van der Waals surface area (Å²) in [4.78, 5) is 2.23. The van der Waals surface area contributed by atoms with E-state index in [4.69, 9.17) is 11.0 Å². The highest BCUT2D eigenvalue weighted by Gasteiger charge is 2.10. The summed E-state index contributed by atoms with van der Waals surface area (Å²) in [5.41, 5.74) is 8.11. The fourth-order valence-electron chi connectivity index (χ4n) is 1.83. The summed E-state index contributed by atoms with van der Waals surface area (Å²) in [7, 11) is 0. The summed E-state index contributed by atoms with van der Waals surface area (Å²) >= 11 is 0. The van der Waals surface area contributed by atoms with Crippen LogP contribution in [0.5, 0.6) is 0 Å². The minimum atomic E-state index is 0.0654. The SMILES string of the molecule is CC(C)N(CCC#N)c1ccc([C@H](C)N)cc1. The molecule has 92 valence electrons. The van der Waals surface area contributed by atoms with Crippen molar-refractivity contribution in [3.05, 3.63) is 29.8 Å². The largest absolute Gasteiger partial charge is 0.368 e. The molecule has 0 saturated carbocycles. The smallest absolute Gasteiger partial charge is 0.0640 e. The lowest BCUT2D eigenvalue weighted by Gasteiger charge is -2.28. The molecule has 0 heterocycles. The third-order valence-corrected chi connectivity index (χ3v) is 2.84. The molecule has 1 aromatic rings. The summed E-state index contributed by atoms with van der Waals surface area (Å²) in [6.45, 7) is 7.02. The quantitative estimate of drug-likeness (QED) is 0.847. The van der Waals surface area contributed by atoms with E-state index in [9.17, 15) is 0 Å². The summed E-state index contributed by atoms with van der Waals surface area (Å²) in [5.74, 6) is 0. The molecule has 0 aliphatic heterocycles. The van der Waals surface area contributed by atoms with Crippen molar-refractivity contribution in [2.24, 2.45) is 5.73 Å². The Morgan fingerprint density at radius 1 is 1.24 bits per heavy atom. The molecule has 0 spiro atoms. The van der Waals surface area contributed by atoms with Crippen molar-refractivity contribution >= 4 is 5.69 Å². The zero-order valence-electron chi connectivity index (χ0n) is 10.9. The first-order valence-electron chi connectivity index (χ1n) is 6.05. The van der Waals surface area contributed by atoms with Crippen molar-refractivity contribution in [2.75, 3.05) is 11.4 Å². The van der Waals surface area contributed by atoms with Gasteiger partial charge in [0.25, 0.3) is 0 Å². The average Bonchev–Trinajstić information content (AvgIpc) is 2.29. The van der Waals surface area contributed by atoms with Gasteiger partial charge in [-0.05, 0) is 38.5 Å². The van der Waals surface area contributed by atoms with Crippen LogP contribution in [-0.4, -0.2) is 12.6 Å². The number of rotatable bonds is 5. The Kier molecular flexibility index (Phi) is 4.99. The van der Waals surface area contributed by atoms with Crippen molar-refractivity contribution in [1.82, 2.24) is 0 Å². The summed E-state index contributed by atoms with van der Waals surface area (Å²) in [6.07, 6.45) is 0.549. The van der Waals surface area contributed by atoms with Crippen LogP contribution in [0.4, 0.5) is 5.69 Å². The Morgan fingerprint density at radius 3 is 2.24 bits per heavy atom. The van der Waals surface area contributed by atoms with E-state index in [1.807, 2.05) is 6.92 Å². The maximum Gasteiger partial charge on any atom is 0.0640 e. The van der Waals surface area contributed by atoms with Gasteiger partial charge < -0.3 is 10.6 Å². The van der Waals surface area contributed by atoms with Gasteiger partial charge in [-0.25, -0.2) is 0 Å². The van der Waals surface area contributed by atoms with E-state index in [-0.39, 0.29) is 6.04 Å². The number of hydrogen-bond donors (Lipinski definition) is 1. The van der Waals surface area contributed by atoms with Crippen molar-refractivity contribution in [2.45, 2.75) is 39.3 Å². The molecule has 1 atom stereocenters. The van der Waals surface area contributed by atoms with Crippen LogP contribution in [0.3, 0.4) is 0 Å². The van der Waals surface area contributed by atoms with E-state index in [0.717, 1.165) is 17.8 Å². The molecule has 3 heteroatoms. The van der Waals surface area contributed by atoms with E-state index < -0.39 is 0 Å². The van der Waals surface area contributed by atoms with Crippen molar-refractivity contribution in [1.29, 1.82) is 5.26 Å². The standard InChI is InChI=1S/C14H21N3/c1-11(2)17(10-4-9-15)14-7-5-13(6-8-14)12(3)16/h5-8,11-12H,4,10,16H2,1-3H3/t12-/m0/s1. The van der Waals surface area contributed by atoms with Crippen LogP contribution in [0.15, 0.2) is 24.3 Å². The van der Waals surface area contributed by atoms with Crippen LogP contribution in [0.2, 0.25) is 0 Å². The summed E-state index contributed by atoms with van der Waals surface area (Å²) in [5, 5.41) is 8.67. The van der Waals surface area contributed by atoms with Gasteiger partial charge in [0.1, 0.15) is 0 Å². The number of nitrogens with zero attached hydrogens (tertiary/aromatic N) is 2. The van der Waals surface area contributed by atoms with Crippen molar-refractivity contribution in [3.63, 3.8) is 0 Å². The maximum absolute atomic E-state index is 8.67. The van der Waals surface area contributed by atoms with E-state index in [2.05, 4.69) is 49.1 Å². The Bertz CT molecular complexity index is 373. The minimum Gasteiger partial charge on any atom is -0.368 e. The van der Waals surface area contributed by atoms with Crippen LogP contribution in [0, 0.1) is 11.3 Å². The first-order chi connectivity index (χ1) is 8.06. The Morgan fingerprint density at radius 2 is 1.82 bits per heavy atom. The van der Waals surface area contributed by atoms with Crippen molar-refractivity contribution in [3.8, 4) is 6.07 Å². The molecule has 0 radical (unpaired) electrons. The van der Waals surface area contributed by atoms with Gasteiger partial charge in [-0.3, -0.25) is 0 Å². The van der Waals surface area contributed by atoms with Crippen LogP contribution in [-0.2, 0) is 0 Å². The predicted molar refractivity (Wildman–Crippen MR) is 71.8 cm³/mol. The molecule has 0 aliphatic rings. The second-order valence-electron chi connectivity index (χ2n) is 4.58. The average molecular weight is 231 g/mol. The lowest BCUT2D eigenvalue weighted by atomic mass is 10.1. The van der Waals surface area contributed by atoms with E-state index in [0.29, 0.717) is 12.5 Å². The van der Waals surface area contributed by atoms with Gasteiger partial charge in [-0.15, -0.1) is 0 Å². The third kappa shape index (κ3) is 3.76. The normalized spacial score (nSPS) is 12.2. The highest BCUT2D eigenvalue weighted by atomic mass is 15.1. The molecule has 0 aromatic heterocycles. The Balaban J connectivity index is 2.84. The number of nitrogens with two attached hydrogens (primary N) is 1. The van der Waals surface area contributed by atoms with E-state index in [1.54, 1.807) is 0 Å². The monoisotopic (exact) mass is 231 g/mol. The van der Waals surface area contributed by atoms with Gasteiger partial charge in [-0.2, -0.15) is 5.26 Å². The highest BCUT2D eigenvalue weighted by molar-refractivity contribution is 5.48. The number of anilines is 1. The molecule has 0 unspecified atom stereocenters. The Labute approximate surface area is 104 Å². The van der Waals surface area contributed by atoms with Gasteiger partial charge in [0, 0.05) is 24.3 Å². The van der Waals surface area contributed by atoms with Gasteiger partial charge >= 0.3 is 0 Å². The zero-order valence-corrected chi connectivity index (χ0v) is 10.9. The lowest BCUT2D eigenvalue weighted by molar-refractivity contribution is 0.686. The fraction of sp³-hybridized carbons (Fsp3) is 0.500. The summed E-state index contributed by atoms with van der Waals surface area (Å²) < 4.78 is 0. The molecule has 0 aliphatic carbocycles. The van der Waals surface area contributed by atoms with Crippen molar-refractivity contribution < 1.29 is 0 Å². The van der Waals surface area contributed by atoms with Gasteiger partial charge in [0.2, 0.25) is 0 Å². The molecule has 3 nitrogen and oxygen atoms in total. The lowest BCUT2D eigenvalue weighted by Crippen LogP contribution is -2.31. The molecule has 17 heavy (non-hydrogen) atoms. The van der Waals surface area contributed by atoms with E-state index in [1.165, 1.54) is 0 Å². The van der Waals surface area contributed by atoms with Crippen LogP contribution >= 0.6 is 0 Å². The van der Waals surface area contributed by atoms with E-state index >= 15 is 0 Å². The Hall–Kier alpha value is -1.53. The second kappa shape index (κ2) is 6.27. The molecule has 1 aromatic carbocycles. The molecule has 0 saturated heterocycles. The van der Waals surface area contributed by atoms with Crippen LogP contribution < -0.4 is 10.6 Å². The zero-order chi connectivity index (χ0) is 12.8. The number of hydrogen-bond acceptors (Lipinski definition) is 3. The van der Waals surface area contributed by atoms with Gasteiger partial charge in [-0.1, -0.05) is 12.1 Å². The second-order valence-corrected chi connectivity index (χ2v) is 4.58. The van der Waals surface area contributed by atoms with Crippen LogP contribution in [0.1, 0.15) is 38.8 Å². The first-order valence-corrected chi connectivity index (χ1v) is 6.05. The van der Waals surface area contributed by atoms with Gasteiger partial charge in [0.05, 0.1) is 12.5 Å². The number of benzene rings is 1. The molecule has 0 bridgehead atoms. The molecule has 0 fully saturated rings. The highest BCUT2D eigenvalue weighted by Crippen LogP contribution is 2.20. The predicted octanol–water partition coefficient (Wildman–Crippen LogP) is 2.83. The topological polar surface area (TPSA) is 53.0 Å². The first kappa shape index (κ1) is 13.5. The fourth-order valence-corrected chi connectivity index (χ4v) is 1.83. The third-order valence-electron chi connectivity index (χ3n) is 2.84.